The van der Waals surface area contributed by atoms with E-state index in [-0.39, 0.29) is 17.4 Å². The molecule has 0 aliphatic heterocycles. The predicted octanol–water partition coefficient (Wildman–Crippen LogP) is 3.51. The molecule has 7 heteroatoms. The SMILES string of the molecule is CCCOc1cccc(C(=O)NC(=S)NNC(=O)Cc2cccc3ccccc23)c1. The van der Waals surface area contributed by atoms with Crippen LogP contribution in [0.4, 0.5) is 0 Å². The molecule has 0 fully saturated rings. The lowest BCUT2D eigenvalue weighted by atomic mass is 10.0. The van der Waals surface area contributed by atoms with Crippen LogP contribution in [-0.2, 0) is 11.2 Å². The molecule has 0 radical (unpaired) electrons. The molecule has 0 bridgehead atoms. The lowest BCUT2D eigenvalue weighted by Gasteiger charge is -2.12. The van der Waals surface area contributed by atoms with Gasteiger partial charge in [-0.3, -0.25) is 25.8 Å². The van der Waals surface area contributed by atoms with Crippen LogP contribution in [0.2, 0.25) is 0 Å². The summed E-state index contributed by atoms with van der Waals surface area (Å²) in [5.41, 5.74) is 6.41. The molecule has 3 aromatic carbocycles. The first-order chi connectivity index (χ1) is 14.6. The van der Waals surface area contributed by atoms with Gasteiger partial charge in [0.15, 0.2) is 5.11 Å². The van der Waals surface area contributed by atoms with Gasteiger partial charge in [0.2, 0.25) is 5.91 Å². The summed E-state index contributed by atoms with van der Waals surface area (Å²) in [7, 11) is 0. The lowest BCUT2D eigenvalue weighted by Crippen LogP contribution is -2.48. The van der Waals surface area contributed by atoms with Crippen molar-refractivity contribution in [3.8, 4) is 5.75 Å². The fraction of sp³-hybridized carbons (Fsp3) is 0.174. The van der Waals surface area contributed by atoms with Crippen molar-refractivity contribution in [3.63, 3.8) is 0 Å². The number of rotatable bonds is 6. The Morgan fingerprint density at radius 1 is 0.967 bits per heavy atom. The van der Waals surface area contributed by atoms with Gasteiger partial charge < -0.3 is 4.74 Å². The molecule has 2 amide bonds. The number of carbonyl (C=O) groups is 2. The topological polar surface area (TPSA) is 79.5 Å². The fourth-order valence-corrected chi connectivity index (χ4v) is 3.09. The molecule has 0 spiro atoms. The average molecular weight is 422 g/mol. The van der Waals surface area contributed by atoms with Crippen LogP contribution in [0.25, 0.3) is 10.8 Å². The van der Waals surface area contributed by atoms with Gasteiger partial charge >= 0.3 is 0 Å². The average Bonchev–Trinajstić information content (AvgIpc) is 2.77. The van der Waals surface area contributed by atoms with Gasteiger partial charge in [-0.25, -0.2) is 0 Å². The predicted molar refractivity (Wildman–Crippen MR) is 121 cm³/mol. The van der Waals surface area contributed by atoms with Crippen molar-refractivity contribution >= 4 is 39.9 Å². The van der Waals surface area contributed by atoms with Gasteiger partial charge in [-0.1, -0.05) is 55.5 Å². The number of thiocarbonyl (C=S) groups is 1. The molecule has 0 unspecified atom stereocenters. The van der Waals surface area contributed by atoms with Crippen molar-refractivity contribution in [2.24, 2.45) is 0 Å². The fourth-order valence-electron chi connectivity index (χ4n) is 2.94. The molecular weight excluding hydrogens is 398 g/mol. The Kier molecular flexibility index (Phi) is 7.34. The van der Waals surface area contributed by atoms with Gasteiger partial charge in [0.25, 0.3) is 5.91 Å². The van der Waals surface area contributed by atoms with Gasteiger partial charge in [0.1, 0.15) is 5.75 Å². The highest BCUT2D eigenvalue weighted by atomic mass is 32.1. The molecule has 3 rings (SSSR count). The molecule has 0 atom stereocenters. The zero-order chi connectivity index (χ0) is 21.3. The molecular formula is C23H23N3O3S. The summed E-state index contributed by atoms with van der Waals surface area (Å²) in [6.45, 7) is 2.59. The van der Waals surface area contributed by atoms with E-state index in [0.717, 1.165) is 22.8 Å². The van der Waals surface area contributed by atoms with Crippen LogP contribution in [0.3, 0.4) is 0 Å². The Morgan fingerprint density at radius 3 is 2.57 bits per heavy atom. The number of hydrogen-bond acceptors (Lipinski definition) is 4. The summed E-state index contributed by atoms with van der Waals surface area (Å²) in [6, 6.07) is 20.5. The smallest absolute Gasteiger partial charge is 0.257 e. The molecule has 3 aromatic rings. The van der Waals surface area contributed by atoms with E-state index in [1.807, 2.05) is 49.4 Å². The van der Waals surface area contributed by atoms with E-state index < -0.39 is 5.91 Å². The number of hydrazine groups is 1. The highest BCUT2D eigenvalue weighted by Gasteiger charge is 2.11. The summed E-state index contributed by atoms with van der Waals surface area (Å²) >= 11 is 5.10. The van der Waals surface area contributed by atoms with Crippen LogP contribution >= 0.6 is 12.2 Å². The zero-order valence-electron chi connectivity index (χ0n) is 16.6. The summed E-state index contributed by atoms with van der Waals surface area (Å²) in [4.78, 5) is 24.7. The molecule has 0 heterocycles. The van der Waals surface area contributed by atoms with Crippen molar-refractivity contribution in [1.82, 2.24) is 16.2 Å². The largest absolute Gasteiger partial charge is 0.494 e. The minimum atomic E-state index is -0.391. The van der Waals surface area contributed by atoms with Gasteiger partial charge in [-0.05, 0) is 53.2 Å². The third-order valence-corrected chi connectivity index (χ3v) is 4.55. The first-order valence-electron chi connectivity index (χ1n) is 9.66. The zero-order valence-corrected chi connectivity index (χ0v) is 17.4. The van der Waals surface area contributed by atoms with Crippen molar-refractivity contribution < 1.29 is 14.3 Å². The number of nitrogens with one attached hydrogen (secondary N) is 3. The molecule has 3 N–H and O–H groups in total. The molecule has 6 nitrogen and oxygen atoms in total. The van der Waals surface area contributed by atoms with E-state index in [1.54, 1.807) is 24.3 Å². The maximum absolute atomic E-state index is 12.4. The number of amides is 2. The van der Waals surface area contributed by atoms with Gasteiger partial charge in [-0.15, -0.1) is 0 Å². The summed E-state index contributed by atoms with van der Waals surface area (Å²) in [6.07, 6.45) is 1.06. The normalized spacial score (nSPS) is 10.3. The molecule has 154 valence electrons. The van der Waals surface area contributed by atoms with Crippen LogP contribution < -0.4 is 20.9 Å². The van der Waals surface area contributed by atoms with Gasteiger partial charge in [0.05, 0.1) is 13.0 Å². The van der Waals surface area contributed by atoms with E-state index >= 15 is 0 Å². The van der Waals surface area contributed by atoms with E-state index in [4.69, 9.17) is 17.0 Å². The molecule has 0 saturated carbocycles. The first-order valence-corrected chi connectivity index (χ1v) is 10.1. The number of fused-ring (bicyclic) bond motifs is 1. The Balaban J connectivity index is 1.51. The van der Waals surface area contributed by atoms with E-state index in [1.165, 1.54) is 0 Å². The van der Waals surface area contributed by atoms with Crippen LogP contribution in [0, 0.1) is 0 Å². The lowest BCUT2D eigenvalue weighted by molar-refractivity contribution is -0.121. The third-order valence-electron chi connectivity index (χ3n) is 4.34. The van der Waals surface area contributed by atoms with Crippen molar-refractivity contribution in [3.05, 3.63) is 77.9 Å². The molecule has 0 aliphatic carbocycles. The monoisotopic (exact) mass is 421 g/mol. The van der Waals surface area contributed by atoms with E-state index in [9.17, 15) is 9.59 Å². The molecule has 0 aliphatic rings. The van der Waals surface area contributed by atoms with Gasteiger partial charge in [-0.2, -0.15) is 0 Å². The van der Waals surface area contributed by atoms with Crippen LogP contribution in [-0.4, -0.2) is 23.5 Å². The van der Waals surface area contributed by atoms with Crippen LogP contribution in [0.15, 0.2) is 66.7 Å². The standard InChI is InChI=1S/C23H23N3O3S/c1-2-13-29-19-11-6-10-18(14-19)22(28)24-23(30)26-25-21(27)15-17-9-5-8-16-7-3-4-12-20(16)17/h3-12,14H,2,13,15H2,1H3,(H,25,27)(H2,24,26,28,30). The van der Waals surface area contributed by atoms with Crippen molar-refractivity contribution in [2.75, 3.05) is 6.61 Å². The Labute approximate surface area is 180 Å². The maximum atomic E-state index is 12.4. The highest BCUT2D eigenvalue weighted by molar-refractivity contribution is 7.80. The minimum Gasteiger partial charge on any atom is -0.494 e. The quantitative estimate of drug-likeness (QED) is 0.419. The number of ether oxygens (including phenoxy) is 1. The van der Waals surface area contributed by atoms with Crippen molar-refractivity contribution in [2.45, 2.75) is 19.8 Å². The maximum Gasteiger partial charge on any atom is 0.257 e. The minimum absolute atomic E-state index is 0.00569. The second kappa shape index (κ2) is 10.4. The number of hydrogen-bond donors (Lipinski definition) is 3. The first kappa shape index (κ1) is 21.3. The van der Waals surface area contributed by atoms with E-state index in [2.05, 4.69) is 16.2 Å². The summed E-state index contributed by atoms with van der Waals surface area (Å²) in [5.74, 6) is -0.0394. The molecule has 0 aromatic heterocycles. The summed E-state index contributed by atoms with van der Waals surface area (Å²) in [5, 5.41) is 4.64. The Morgan fingerprint density at radius 2 is 1.73 bits per heavy atom. The van der Waals surface area contributed by atoms with Gasteiger partial charge in [0, 0.05) is 5.56 Å². The second-order valence-corrected chi connectivity index (χ2v) is 7.06. The molecule has 30 heavy (non-hydrogen) atoms. The Bertz CT molecular complexity index is 1060. The van der Waals surface area contributed by atoms with E-state index in [0.29, 0.717) is 17.9 Å². The third kappa shape index (κ3) is 5.78. The van der Waals surface area contributed by atoms with Crippen LogP contribution in [0.5, 0.6) is 5.75 Å². The molecule has 0 saturated heterocycles. The highest BCUT2D eigenvalue weighted by Crippen LogP contribution is 2.18. The number of benzene rings is 3. The second-order valence-electron chi connectivity index (χ2n) is 6.65. The summed E-state index contributed by atoms with van der Waals surface area (Å²) < 4.78 is 5.53. The number of carbonyl (C=O) groups excluding carboxylic acids is 2. The van der Waals surface area contributed by atoms with Crippen molar-refractivity contribution in [1.29, 1.82) is 0 Å². The Hall–Kier alpha value is -3.45. The van der Waals surface area contributed by atoms with Crippen LogP contribution in [0.1, 0.15) is 29.3 Å².